The molecule has 0 spiro atoms. The Labute approximate surface area is 209 Å². The van der Waals surface area contributed by atoms with Crippen molar-refractivity contribution in [3.05, 3.63) is 52.1 Å². The predicted octanol–water partition coefficient (Wildman–Crippen LogP) is 2.29. The number of aliphatic hydroxyl groups is 1. The van der Waals surface area contributed by atoms with Crippen LogP contribution in [-0.2, 0) is 0 Å². The number of fused-ring (bicyclic) bond motifs is 4. The molecule has 4 heterocycles. The Bertz CT molecular complexity index is 1400. The molecule has 36 heavy (non-hydrogen) atoms. The molecule has 188 valence electrons. The molecule has 1 saturated heterocycles. The molecule has 0 bridgehead atoms. The Morgan fingerprint density at radius 2 is 1.92 bits per heavy atom. The smallest absolute Gasteiger partial charge is 0.260 e. The number of benzene rings is 1. The number of nitrogens with one attached hydrogen (secondary N) is 4. The second-order valence-corrected chi connectivity index (χ2v) is 10.8. The average Bonchev–Trinajstić information content (AvgIpc) is 3.62. The second kappa shape index (κ2) is 8.83. The molecule has 1 unspecified atom stereocenters. The van der Waals surface area contributed by atoms with Gasteiger partial charge >= 0.3 is 0 Å². The first kappa shape index (κ1) is 22.2. The van der Waals surface area contributed by atoms with E-state index >= 15 is 0 Å². The predicted molar refractivity (Wildman–Crippen MR) is 140 cm³/mol. The lowest BCUT2D eigenvalue weighted by atomic mass is 9.92. The van der Waals surface area contributed by atoms with Crippen molar-refractivity contribution >= 4 is 27.8 Å². The minimum absolute atomic E-state index is 0.00373. The largest absolute Gasteiger partial charge is 0.393 e. The average molecular weight is 488 g/mol. The van der Waals surface area contributed by atoms with Crippen molar-refractivity contribution in [2.24, 2.45) is 5.92 Å². The van der Waals surface area contributed by atoms with Crippen molar-refractivity contribution in [1.29, 1.82) is 0 Å². The lowest BCUT2D eigenvalue weighted by Gasteiger charge is -2.32. The Morgan fingerprint density at radius 3 is 2.75 bits per heavy atom. The van der Waals surface area contributed by atoms with E-state index in [4.69, 9.17) is 4.98 Å². The number of anilines is 1. The topological polar surface area (TPSA) is 116 Å². The van der Waals surface area contributed by atoms with E-state index in [1.54, 1.807) is 0 Å². The number of hydrogen-bond donors (Lipinski definition) is 5. The zero-order valence-electron chi connectivity index (χ0n) is 20.3. The summed E-state index contributed by atoms with van der Waals surface area (Å²) in [6.45, 7) is 2.51. The summed E-state index contributed by atoms with van der Waals surface area (Å²) in [6, 6.07) is 6.33. The van der Waals surface area contributed by atoms with Crippen LogP contribution < -0.4 is 26.8 Å². The van der Waals surface area contributed by atoms with Gasteiger partial charge in [-0.15, -0.1) is 0 Å². The van der Waals surface area contributed by atoms with Gasteiger partial charge in [-0.1, -0.05) is 12.1 Å². The van der Waals surface area contributed by atoms with Crippen molar-refractivity contribution in [2.45, 2.75) is 62.9 Å². The molecule has 2 saturated carbocycles. The van der Waals surface area contributed by atoms with E-state index in [0.29, 0.717) is 35.7 Å². The van der Waals surface area contributed by atoms with Crippen LogP contribution in [0, 0.1) is 5.92 Å². The van der Waals surface area contributed by atoms with Crippen LogP contribution in [0.15, 0.2) is 41.0 Å². The number of hydrogen-bond acceptors (Lipinski definition) is 8. The lowest BCUT2D eigenvalue weighted by Crippen LogP contribution is -2.52. The van der Waals surface area contributed by atoms with Gasteiger partial charge in [-0.3, -0.25) is 20.0 Å². The summed E-state index contributed by atoms with van der Waals surface area (Å²) in [5.74, 6) is 1.29. The molecule has 9 heteroatoms. The highest BCUT2D eigenvalue weighted by Gasteiger charge is 2.29. The van der Waals surface area contributed by atoms with E-state index in [2.05, 4.69) is 44.5 Å². The summed E-state index contributed by atoms with van der Waals surface area (Å²) in [4.78, 5) is 23.6. The summed E-state index contributed by atoms with van der Waals surface area (Å²) < 4.78 is 1.89. The zero-order chi connectivity index (χ0) is 24.2. The quantitative estimate of drug-likeness (QED) is 0.348. The maximum Gasteiger partial charge on any atom is 0.260 e. The third-order valence-corrected chi connectivity index (χ3v) is 8.28. The number of rotatable bonds is 5. The number of piperazine rings is 1. The van der Waals surface area contributed by atoms with Crippen LogP contribution >= 0.6 is 0 Å². The fourth-order valence-corrected chi connectivity index (χ4v) is 5.99. The first-order chi connectivity index (χ1) is 17.6. The van der Waals surface area contributed by atoms with E-state index in [0.717, 1.165) is 48.8 Å². The summed E-state index contributed by atoms with van der Waals surface area (Å²) in [6.07, 6.45) is 9.40. The molecule has 2 aliphatic carbocycles. The Kier molecular flexibility index (Phi) is 5.45. The molecule has 9 nitrogen and oxygen atoms in total. The monoisotopic (exact) mass is 487 g/mol. The Morgan fingerprint density at radius 1 is 1.06 bits per heavy atom. The van der Waals surface area contributed by atoms with Crippen molar-refractivity contribution in [3.8, 4) is 0 Å². The number of pyridine rings is 1. The highest BCUT2D eigenvalue weighted by molar-refractivity contribution is 6.04. The third-order valence-electron chi connectivity index (χ3n) is 8.28. The first-order valence-electron chi connectivity index (χ1n) is 13.3. The zero-order valence-corrected chi connectivity index (χ0v) is 20.3. The van der Waals surface area contributed by atoms with Gasteiger partial charge in [-0.2, -0.15) is 4.98 Å². The fraction of sp³-hybridized carbons (Fsp3) is 0.519. The molecule has 2 aromatic heterocycles. The SMILES string of the molecule is O=c1c2cc([C@@H]3CNC4NCC=C4N3)ccc2c2cnc(NCC3CC3)nc2n1C1CCC(O)CC1. The van der Waals surface area contributed by atoms with Gasteiger partial charge in [0.2, 0.25) is 5.95 Å². The van der Waals surface area contributed by atoms with Crippen LogP contribution in [0.1, 0.15) is 56.2 Å². The fourth-order valence-electron chi connectivity index (χ4n) is 5.99. The molecule has 7 rings (SSSR count). The second-order valence-electron chi connectivity index (χ2n) is 10.8. The van der Waals surface area contributed by atoms with Crippen molar-refractivity contribution < 1.29 is 5.11 Å². The van der Waals surface area contributed by atoms with Crippen LogP contribution in [0.2, 0.25) is 0 Å². The summed E-state index contributed by atoms with van der Waals surface area (Å²) in [7, 11) is 0. The van der Waals surface area contributed by atoms with Gasteiger partial charge < -0.3 is 15.7 Å². The van der Waals surface area contributed by atoms with Crippen molar-refractivity contribution in [3.63, 3.8) is 0 Å². The molecule has 2 atom stereocenters. The number of nitrogens with zero attached hydrogens (tertiary/aromatic N) is 3. The van der Waals surface area contributed by atoms with Crippen LogP contribution in [0.4, 0.5) is 5.95 Å². The third kappa shape index (κ3) is 3.95. The van der Waals surface area contributed by atoms with E-state index < -0.39 is 0 Å². The maximum atomic E-state index is 14.1. The molecule has 1 aromatic carbocycles. The van der Waals surface area contributed by atoms with Gasteiger partial charge in [0.1, 0.15) is 5.65 Å². The molecular weight excluding hydrogens is 454 g/mol. The maximum absolute atomic E-state index is 14.1. The van der Waals surface area contributed by atoms with Gasteiger partial charge in [0.05, 0.1) is 18.3 Å². The standard InChI is InChI=1S/C27H33N7O2/c35-18-6-4-17(5-7-18)34-25-21(13-31-27(33-25)30-12-15-1-2-15)19-8-3-16(11-20(19)26(34)36)23-14-29-24-22(32-23)9-10-28-24/h3,8-9,11,13,15,17-18,23-24,28-29,32,35H,1-2,4-7,10,12,14H2,(H,30,31,33)/t17?,18?,23-,24?/m0/s1. The lowest BCUT2D eigenvalue weighted by molar-refractivity contribution is 0.111. The molecule has 5 N–H and O–H groups in total. The van der Waals surface area contributed by atoms with Crippen LogP contribution in [0.25, 0.3) is 21.8 Å². The van der Waals surface area contributed by atoms with E-state index in [1.807, 2.05) is 16.8 Å². The molecule has 3 aromatic rings. The van der Waals surface area contributed by atoms with Gasteiger partial charge in [-0.05, 0) is 67.5 Å². The Hall–Kier alpha value is -3.01. The first-order valence-corrected chi connectivity index (χ1v) is 13.3. The summed E-state index contributed by atoms with van der Waals surface area (Å²) in [5, 5.41) is 26.6. The molecule has 3 fully saturated rings. The number of aromatic nitrogens is 3. The summed E-state index contributed by atoms with van der Waals surface area (Å²) >= 11 is 0. The van der Waals surface area contributed by atoms with E-state index in [9.17, 15) is 9.90 Å². The highest BCUT2D eigenvalue weighted by Crippen LogP contribution is 2.33. The minimum atomic E-state index is -0.284. The van der Waals surface area contributed by atoms with Crippen molar-refractivity contribution in [1.82, 2.24) is 30.5 Å². The van der Waals surface area contributed by atoms with E-state index in [-0.39, 0.29) is 29.9 Å². The molecular formula is C27H33N7O2. The molecule has 4 aliphatic rings. The summed E-state index contributed by atoms with van der Waals surface area (Å²) in [5.41, 5.74) is 2.95. The Balaban J connectivity index is 1.33. The number of aliphatic hydroxyl groups excluding tert-OH is 1. The van der Waals surface area contributed by atoms with Crippen LogP contribution in [-0.4, -0.2) is 51.5 Å². The van der Waals surface area contributed by atoms with Gasteiger partial charge in [0.15, 0.2) is 0 Å². The highest BCUT2D eigenvalue weighted by atomic mass is 16.3. The molecule has 0 radical (unpaired) electrons. The van der Waals surface area contributed by atoms with Gasteiger partial charge in [0.25, 0.3) is 5.56 Å². The normalized spacial score (nSPS) is 28.1. The van der Waals surface area contributed by atoms with Gasteiger partial charge in [-0.25, -0.2) is 4.98 Å². The molecule has 2 aliphatic heterocycles. The van der Waals surface area contributed by atoms with Gasteiger partial charge in [0, 0.05) is 48.3 Å². The van der Waals surface area contributed by atoms with Crippen LogP contribution in [0.3, 0.4) is 0 Å². The molecule has 0 amide bonds. The minimum Gasteiger partial charge on any atom is -0.393 e. The van der Waals surface area contributed by atoms with Crippen LogP contribution in [0.5, 0.6) is 0 Å². The van der Waals surface area contributed by atoms with Crippen molar-refractivity contribution in [2.75, 3.05) is 25.0 Å². The van der Waals surface area contributed by atoms with E-state index in [1.165, 1.54) is 18.5 Å².